The van der Waals surface area contributed by atoms with E-state index < -0.39 is 47.8 Å². The molecule has 10 heteroatoms. The molecule has 1 nitrogen and oxygen atoms in total. The third kappa shape index (κ3) is 5.60. The zero-order valence-electron chi connectivity index (χ0n) is 12.0. The van der Waals surface area contributed by atoms with E-state index in [0.717, 1.165) is 13.8 Å². The zero-order chi connectivity index (χ0) is 18.1. The van der Waals surface area contributed by atoms with Gasteiger partial charge in [-0.3, -0.25) is 0 Å². The molecular formula is C12H15F9O. The molecule has 0 rings (SSSR count). The van der Waals surface area contributed by atoms with E-state index in [2.05, 4.69) is 4.74 Å². The second-order valence-corrected chi connectivity index (χ2v) is 4.98. The van der Waals surface area contributed by atoms with Crippen molar-refractivity contribution >= 4 is 0 Å². The molecule has 0 N–H and O–H groups in total. The summed E-state index contributed by atoms with van der Waals surface area (Å²) in [6, 6.07) is 0. The Kier molecular flexibility index (Phi) is 6.25. The van der Waals surface area contributed by atoms with E-state index in [4.69, 9.17) is 0 Å². The number of alkyl halides is 9. The van der Waals surface area contributed by atoms with Gasteiger partial charge < -0.3 is 4.74 Å². The molecule has 0 aliphatic carbocycles. The predicted molar refractivity (Wildman–Crippen MR) is 59.7 cm³/mol. The highest BCUT2D eigenvalue weighted by atomic mass is 19.4. The average molecular weight is 346 g/mol. The minimum Gasteiger partial charge on any atom is -0.486 e. The maximum absolute atomic E-state index is 12.9. The van der Waals surface area contributed by atoms with Crippen LogP contribution < -0.4 is 0 Å². The molecule has 0 aliphatic rings. The van der Waals surface area contributed by atoms with Crippen molar-refractivity contribution in [3.8, 4) is 0 Å². The van der Waals surface area contributed by atoms with E-state index in [-0.39, 0.29) is 13.8 Å². The summed E-state index contributed by atoms with van der Waals surface area (Å²) in [6.45, 7) is 2.62. The Balaban J connectivity index is 6.36. The normalized spacial score (nSPS) is 16.5. The molecule has 0 heterocycles. The van der Waals surface area contributed by atoms with Gasteiger partial charge in [-0.2, -0.15) is 39.5 Å². The van der Waals surface area contributed by atoms with E-state index in [1.54, 1.807) is 0 Å². The molecule has 0 amide bonds. The van der Waals surface area contributed by atoms with Crippen molar-refractivity contribution in [3.63, 3.8) is 0 Å². The van der Waals surface area contributed by atoms with Crippen molar-refractivity contribution in [2.75, 3.05) is 0 Å². The molecule has 2 atom stereocenters. The van der Waals surface area contributed by atoms with Crippen LogP contribution in [0.3, 0.4) is 0 Å². The lowest BCUT2D eigenvalue weighted by Gasteiger charge is -2.30. The third-order valence-electron chi connectivity index (χ3n) is 2.79. The molecule has 22 heavy (non-hydrogen) atoms. The Morgan fingerprint density at radius 2 is 1.00 bits per heavy atom. The molecule has 0 saturated carbocycles. The van der Waals surface area contributed by atoms with E-state index in [0.29, 0.717) is 0 Å². The van der Waals surface area contributed by atoms with Gasteiger partial charge in [-0.1, -0.05) is 0 Å². The van der Waals surface area contributed by atoms with Crippen LogP contribution in [0, 0.1) is 11.8 Å². The van der Waals surface area contributed by atoms with Crippen LogP contribution in [0.25, 0.3) is 0 Å². The van der Waals surface area contributed by atoms with Crippen molar-refractivity contribution in [1.82, 2.24) is 0 Å². The highest BCUT2D eigenvalue weighted by Gasteiger charge is 2.53. The fourth-order valence-corrected chi connectivity index (χ4v) is 1.66. The smallest absolute Gasteiger partial charge is 0.448 e. The lowest BCUT2D eigenvalue weighted by atomic mass is 9.87. The monoisotopic (exact) mass is 346 g/mol. The van der Waals surface area contributed by atoms with Crippen molar-refractivity contribution in [2.45, 2.75) is 52.3 Å². The summed E-state index contributed by atoms with van der Waals surface area (Å²) in [4.78, 5) is 0. The van der Waals surface area contributed by atoms with E-state index in [1.165, 1.54) is 0 Å². The van der Waals surface area contributed by atoms with E-state index in [1.807, 2.05) is 0 Å². The molecule has 0 spiro atoms. The molecule has 0 aromatic carbocycles. The molecule has 0 saturated heterocycles. The maximum Gasteiger partial charge on any atom is 0.448 e. The topological polar surface area (TPSA) is 9.23 Å². The third-order valence-corrected chi connectivity index (χ3v) is 2.79. The van der Waals surface area contributed by atoms with Gasteiger partial charge in [0.25, 0.3) is 0 Å². The van der Waals surface area contributed by atoms with Gasteiger partial charge in [0.05, 0.1) is 17.9 Å². The summed E-state index contributed by atoms with van der Waals surface area (Å²) in [7, 11) is 0. The molecule has 132 valence electrons. The summed E-state index contributed by atoms with van der Waals surface area (Å²) in [5.74, 6) is -8.16. The van der Waals surface area contributed by atoms with Gasteiger partial charge in [0.15, 0.2) is 0 Å². The van der Waals surface area contributed by atoms with Gasteiger partial charge >= 0.3 is 18.5 Å². The molecule has 2 unspecified atom stereocenters. The number of halogens is 9. The average Bonchev–Trinajstić information content (AvgIpc) is 2.23. The summed E-state index contributed by atoms with van der Waals surface area (Å²) >= 11 is 0. The SMILES string of the molecule is CC(C)OC(=C(C(C)C(F)(F)F)C(C)C(F)(F)F)C(F)(F)F. The minimum atomic E-state index is -5.47. The van der Waals surface area contributed by atoms with Crippen molar-refractivity contribution < 1.29 is 44.3 Å². The Bertz CT molecular complexity index is 378. The van der Waals surface area contributed by atoms with Crippen molar-refractivity contribution in [3.05, 3.63) is 11.3 Å². The van der Waals surface area contributed by atoms with E-state index >= 15 is 0 Å². The summed E-state index contributed by atoms with van der Waals surface area (Å²) in [6.07, 6.45) is -17.3. The van der Waals surface area contributed by atoms with Crippen LogP contribution in [0.5, 0.6) is 0 Å². The quantitative estimate of drug-likeness (QED) is 0.474. The molecule has 0 radical (unpaired) electrons. The Morgan fingerprint density at radius 3 is 1.18 bits per heavy atom. The number of hydrogen-bond donors (Lipinski definition) is 0. The molecule has 0 aromatic heterocycles. The molecular weight excluding hydrogens is 331 g/mol. The van der Waals surface area contributed by atoms with Crippen molar-refractivity contribution in [1.29, 1.82) is 0 Å². The summed E-state index contributed by atoms with van der Waals surface area (Å²) in [5.41, 5.74) is -1.87. The number of ether oxygens (including phenoxy) is 1. The number of hydrogen-bond acceptors (Lipinski definition) is 1. The van der Waals surface area contributed by atoms with Crippen LogP contribution in [0.2, 0.25) is 0 Å². The maximum atomic E-state index is 12.9. The lowest BCUT2D eigenvalue weighted by molar-refractivity contribution is -0.190. The molecule has 0 aromatic rings. The number of rotatable bonds is 4. The standard InChI is InChI=1S/C12H15F9O/c1-5(2)22-9(12(19,20)21)8(6(3)10(13,14)15)7(4)11(16,17)18/h5-7H,1-4H3. The fourth-order valence-electron chi connectivity index (χ4n) is 1.66. The van der Waals surface area contributed by atoms with Crippen LogP contribution in [0.4, 0.5) is 39.5 Å². The largest absolute Gasteiger partial charge is 0.486 e. The van der Waals surface area contributed by atoms with Crippen LogP contribution in [0.15, 0.2) is 11.3 Å². The Hall–Kier alpha value is -1.09. The molecule has 0 aliphatic heterocycles. The molecule has 0 bridgehead atoms. The van der Waals surface area contributed by atoms with Crippen LogP contribution in [-0.4, -0.2) is 24.6 Å². The summed E-state index contributed by atoms with van der Waals surface area (Å²) < 4.78 is 119. The summed E-state index contributed by atoms with van der Waals surface area (Å²) in [5, 5.41) is 0. The molecule has 0 fully saturated rings. The highest BCUT2D eigenvalue weighted by molar-refractivity contribution is 5.21. The fraction of sp³-hybridized carbons (Fsp3) is 0.833. The second-order valence-electron chi connectivity index (χ2n) is 4.98. The van der Waals surface area contributed by atoms with Crippen LogP contribution >= 0.6 is 0 Å². The number of allylic oxidation sites excluding steroid dienone is 2. The van der Waals surface area contributed by atoms with Gasteiger partial charge in [-0.05, 0) is 27.7 Å². The zero-order valence-corrected chi connectivity index (χ0v) is 12.0. The van der Waals surface area contributed by atoms with Crippen LogP contribution in [-0.2, 0) is 4.74 Å². The first kappa shape index (κ1) is 20.9. The van der Waals surface area contributed by atoms with Gasteiger partial charge in [0, 0.05) is 5.57 Å². The van der Waals surface area contributed by atoms with Gasteiger partial charge in [0.2, 0.25) is 5.76 Å². The van der Waals surface area contributed by atoms with Crippen LogP contribution in [0.1, 0.15) is 27.7 Å². The Labute approximate surface area is 121 Å². The predicted octanol–water partition coefficient (Wildman–Crippen LogP) is 5.62. The highest BCUT2D eigenvalue weighted by Crippen LogP contribution is 2.46. The van der Waals surface area contributed by atoms with Crippen molar-refractivity contribution in [2.24, 2.45) is 11.8 Å². The van der Waals surface area contributed by atoms with E-state index in [9.17, 15) is 39.5 Å². The van der Waals surface area contributed by atoms with Gasteiger partial charge in [-0.15, -0.1) is 0 Å². The lowest BCUT2D eigenvalue weighted by Crippen LogP contribution is -2.35. The first-order valence-electron chi connectivity index (χ1n) is 6.10. The first-order chi connectivity index (χ1) is 9.49. The van der Waals surface area contributed by atoms with Gasteiger partial charge in [0.1, 0.15) is 0 Å². The Morgan fingerprint density at radius 1 is 0.682 bits per heavy atom. The minimum absolute atomic E-state index is 0.243. The van der Waals surface area contributed by atoms with Gasteiger partial charge in [-0.25, -0.2) is 0 Å². The first-order valence-corrected chi connectivity index (χ1v) is 6.10. The second kappa shape index (κ2) is 6.57.